The molecule has 4 heteroatoms. The van der Waals surface area contributed by atoms with E-state index in [0.717, 1.165) is 5.06 Å². The molecule has 0 fully saturated rings. The number of hydrogen-bond donors (Lipinski definition) is 0. The van der Waals surface area contributed by atoms with Crippen LogP contribution in [0.15, 0.2) is 12.3 Å². The molecule has 0 radical (unpaired) electrons. The van der Waals surface area contributed by atoms with Gasteiger partial charge >= 0.3 is 6.09 Å². The minimum atomic E-state index is -0.472. The second-order valence-corrected chi connectivity index (χ2v) is 1.47. The van der Waals surface area contributed by atoms with E-state index in [1.165, 1.54) is 13.3 Å². The van der Waals surface area contributed by atoms with Gasteiger partial charge in [-0.1, -0.05) is 0 Å². The number of nitrogens with zero attached hydrogens (tertiary/aromatic N) is 1. The topological polar surface area (TPSA) is 38.8 Å². The largest absolute Gasteiger partial charge is 0.443 e. The highest BCUT2D eigenvalue weighted by molar-refractivity contribution is 5.68. The first-order valence-corrected chi connectivity index (χ1v) is 2.51. The SMILES string of the molecule is CON1C=CCOC1=O. The average Bonchev–Trinajstić information content (AvgIpc) is 1.89. The molecule has 1 amide bonds. The second kappa shape index (κ2) is 2.50. The first-order chi connectivity index (χ1) is 4.34. The Morgan fingerprint density at radius 3 is 3.11 bits per heavy atom. The summed E-state index contributed by atoms with van der Waals surface area (Å²) in [6.45, 7) is 0.332. The molecule has 0 unspecified atom stereocenters. The van der Waals surface area contributed by atoms with E-state index >= 15 is 0 Å². The number of carbonyl (C=O) groups excluding carboxylic acids is 1. The molecule has 0 saturated carbocycles. The van der Waals surface area contributed by atoms with Gasteiger partial charge in [0, 0.05) is 6.20 Å². The third-order valence-electron chi connectivity index (χ3n) is 0.920. The number of rotatable bonds is 1. The number of hydrogen-bond acceptors (Lipinski definition) is 3. The number of cyclic esters (lactones) is 1. The van der Waals surface area contributed by atoms with Crippen LogP contribution in [-0.4, -0.2) is 24.9 Å². The van der Waals surface area contributed by atoms with Crippen LogP contribution >= 0.6 is 0 Å². The highest BCUT2D eigenvalue weighted by Gasteiger charge is 2.13. The lowest BCUT2D eigenvalue weighted by atomic mass is 10.6. The molecule has 0 aromatic rings. The normalized spacial score (nSPS) is 17.9. The predicted octanol–water partition coefficient (Wildman–Crippen LogP) is 0.514. The predicted molar refractivity (Wildman–Crippen MR) is 29.3 cm³/mol. The molecule has 50 valence electrons. The van der Waals surface area contributed by atoms with Gasteiger partial charge in [0.25, 0.3) is 0 Å². The van der Waals surface area contributed by atoms with E-state index in [2.05, 4.69) is 9.57 Å². The lowest BCUT2D eigenvalue weighted by Gasteiger charge is -2.17. The van der Waals surface area contributed by atoms with Crippen LogP contribution in [-0.2, 0) is 9.57 Å². The molecule has 0 aliphatic carbocycles. The Kier molecular flexibility index (Phi) is 1.69. The van der Waals surface area contributed by atoms with Crippen molar-refractivity contribution >= 4 is 6.09 Å². The fourth-order valence-corrected chi connectivity index (χ4v) is 0.518. The maximum Gasteiger partial charge on any atom is 0.438 e. The number of amides is 1. The summed E-state index contributed by atoms with van der Waals surface area (Å²) in [6.07, 6.45) is 2.73. The van der Waals surface area contributed by atoms with Crippen LogP contribution in [0.25, 0.3) is 0 Å². The fourth-order valence-electron chi connectivity index (χ4n) is 0.518. The van der Waals surface area contributed by atoms with Crippen molar-refractivity contribution in [1.82, 2.24) is 5.06 Å². The highest BCUT2D eigenvalue weighted by Crippen LogP contribution is 2.00. The molecular formula is C5H7NO3. The Morgan fingerprint density at radius 1 is 1.89 bits per heavy atom. The maximum absolute atomic E-state index is 10.6. The molecule has 1 aliphatic heterocycles. The third-order valence-corrected chi connectivity index (χ3v) is 0.920. The van der Waals surface area contributed by atoms with E-state index < -0.39 is 6.09 Å². The average molecular weight is 129 g/mol. The monoisotopic (exact) mass is 129 g/mol. The van der Waals surface area contributed by atoms with E-state index in [1.807, 2.05) is 0 Å². The molecule has 0 atom stereocenters. The summed E-state index contributed by atoms with van der Waals surface area (Å²) in [5.41, 5.74) is 0. The van der Waals surface area contributed by atoms with Crippen molar-refractivity contribution in [3.8, 4) is 0 Å². The van der Waals surface area contributed by atoms with Gasteiger partial charge < -0.3 is 4.74 Å². The van der Waals surface area contributed by atoms with Crippen LogP contribution in [0.1, 0.15) is 0 Å². The van der Waals surface area contributed by atoms with Crippen LogP contribution < -0.4 is 0 Å². The van der Waals surface area contributed by atoms with Crippen molar-refractivity contribution in [1.29, 1.82) is 0 Å². The molecule has 0 bridgehead atoms. The van der Waals surface area contributed by atoms with Gasteiger partial charge in [0.1, 0.15) is 6.61 Å². The summed E-state index contributed by atoms with van der Waals surface area (Å²) in [4.78, 5) is 15.1. The standard InChI is InChI=1S/C5H7NO3/c1-8-6-3-2-4-9-5(6)7/h2-3H,4H2,1H3. The maximum atomic E-state index is 10.6. The van der Waals surface area contributed by atoms with Gasteiger partial charge in [0.15, 0.2) is 0 Å². The summed E-state index contributed by atoms with van der Waals surface area (Å²) in [5.74, 6) is 0. The smallest absolute Gasteiger partial charge is 0.438 e. The molecule has 0 saturated heterocycles. The fraction of sp³-hybridized carbons (Fsp3) is 0.400. The minimum absolute atomic E-state index is 0.332. The van der Waals surface area contributed by atoms with E-state index in [0.29, 0.717) is 6.61 Å². The van der Waals surface area contributed by atoms with Crippen molar-refractivity contribution in [2.24, 2.45) is 0 Å². The molecule has 0 aromatic carbocycles. The van der Waals surface area contributed by atoms with Crippen molar-refractivity contribution in [2.45, 2.75) is 0 Å². The number of carbonyl (C=O) groups is 1. The molecule has 1 heterocycles. The zero-order chi connectivity index (χ0) is 6.69. The van der Waals surface area contributed by atoms with Gasteiger partial charge in [-0.05, 0) is 6.08 Å². The minimum Gasteiger partial charge on any atom is -0.443 e. The molecule has 9 heavy (non-hydrogen) atoms. The summed E-state index contributed by atoms with van der Waals surface area (Å²) in [5, 5.41) is 1.02. The highest BCUT2D eigenvalue weighted by atomic mass is 16.7. The first-order valence-electron chi connectivity index (χ1n) is 2.51. The van der Waals surface area contributed by atoms with Crippen molar-refractivity contribution in [2.75, 3.05) is 13.7 Å². The van der Waals surface area contributed by atoms with E-state index in [-0.39, 0.29) is 0 Å². The summed E-state index contributed by atoms with van der Waals surface area (Å²) in [6, 6.07) is 0. The number of hydroxylamine groups is 2. The Labute approximate surface area is 52.6 Å². The lowest BCUT2D eigenvalue weighted by Crippen LogP contribution is -2.28. The zero-order valence-electron chi connectivity index (χ0n) is 5.03. The van der Waals surface area contributed by atoms with Gasteiger partial charge in [-0.15, -0.1) is 0 Å². The Hall–Kier alpha value is -1.03. The van der Waals surface area contributed by atoms with Crippen LogP contribution in [0.2, 0.25) is 0 Å². The number of ether oxygens (including phenoxy) is 1. The zero-order valence-corrected chi connectivity index (χ0v) is 5.03. The van der Waals surface area contributed by atoms with Gasteiger partial charge in [-0.2, -0.15) is 5.06 Å². The summed E-state index contributed by atoms with van der Waals surface area (Å²) < 4.78 is 4.56. The Balaban J connectivity index is 2.57. The lowest BCUT2D eigenvalue weighted by molar-refractivity contribution is -0.0772. The van der Waals surface area contributed by atoms with Crippen LogP contribution in [0.3, 0.4) is 0 Å². The van der Waals surface area contributed by atoms with Gasteiger partial charge in [0.05, 0.1) is 7.11 Å². The molecule has 0 aromatic heterocycles. The molecule has 1 rings (SSSR count). The molecule has 1 aliphatic rings. The Bertz CT molecular complexity index is 143. The van der Waals surface area contributed by atoms with Gasteiger partial charge in [-0.25, -0.2) is 4.79 Å². The van der Waals surface area contributed by atoms with Crippen LogP contribution in [0.4, 0.5) is 4.79 Å². The van der Waals surface area contributed by atoms with E-state index in [1.54, 1.807) is 6.08 Å². The van der Waals surface area contributed by atoms with E-state index in [4.69, 9.17) is 0 Å². The van der Waals surface area contributed by atoms with Crippen LogP contribution in [0, 0.1) is 0 Å². The van der Waals surface area contributed by atoms with Crippen LogP contribution in [0.5, 0.6) is 0 Å². The van der Waals surface area contributed by atoms with Crippen molar-refractivity contribution < 1.29 is 14.4 Å². The quantitative estimate of drug-likeness (QED) is 0.518. The molecule has 4 nitrogen and oxygen atoms in total. The van der Waals surface area contributed by atoms with Gasteiger partial charge in [0.2, 0.25) is 0 Å². The molecule has 0 N–H and O–H groups in total. The summed E-state index contributed by atoms with van der Waals surface area (Å²) in [7, 11) is 1.40. The van der Waals surface area contributed by atoms with Gasteiger partial charge in [-0.3, -0.25) is 4.84 Å². The third kappa shape index (κ3) is 1.20. The van der Waals surface area contributed by atoms with Crippen molar-refractivity contribution in [3.05, 3.63) is 12.3 Å². The van der Waals surface area contributed by atoms with E-state index in [9.17, 15) is 4.79 Å². The molecule has 0 spiro atoms. The molecular weight excluding hydrogens is 122 g/mol. The van der Waals surface area contributed by atoms with Crippen molar-refractivity contribution in [3.63, 3.8) is 0 Å². The second-order valence-electron chi connectivity index (χ2n) is 1.47. The Morgan fingerprint density at radius 2 is 2.67 bits per heavy atom. The first kappa shape index (κ1) is 6.10. The summed E-state index contributed by atoms with van der Waals surface area (Å²) >= 11 is 0.